The molecular formula is C5H6NO2. The lowest BCUT2D eigenvalue weighted by Crippen LogP contribution is -1.93. The maximum absolute atomic E-state index is 9.71. The van der Waals surface area contributed by atoms with Crippen LogP contribution in [0.15, 0.2) is 0 Å². The first-order valence-electron chi connectivity index (χ1n) is 2.20. The summed E-state index contributed by atoms with van der Waals surface area (Å²) in [5.41, 5.74) is 0. The van der Waals surface area contributed by atoms with Crippen LogP contribution >= 0.6 is 0 Å². The Morgan fingerprint density at radius 1 is 1.88 bits per heavy atom. The van der Waals surface area contributed by atoms with Gasteiger partial charge in [0.25, 0.3) is 0 Å². The number of nitrogens with zero attached hydrogens (tertiary/aromatic N) is 1. The Labute approximate surface area is 47.5 Å². The van der Waals surface area contributed by atoms with Gasteiger partial charge in [-0.3, -0.25) is 4.79 Å². The highest BCUT2D eigenvalue weighted by Crippen LogP contribution is 1.89. The van der Waals surface area contributed by atoms with E-state index in [1.54, 1.807) is 0 Å². The van der Waals surface area contributed by atoms with E-state index in [9.17, 15) is 4.79 Å². The molecule has 3 nitrogen and oxygen atoms in total. The zero-order chi connectivity index (χ0) is 6.41. The molecule has 0 fully saturated rings. The van der Waals surface area contributed by atoms with Gasteiger partial charge in [-0.05, 0) is 6.42 Å². The lowest BCUT2D eigenvalue weighted by Gasteiger charge is -1.83. The SMILES string of the molecule is N#CCC[CH]C(=O)O. The molecule has 0 atom stereocenters. The quantitative estimate of drug-likeness (QED) is 0.543. The second kappa shape index (κ2) is 4.13. The number of rotatable bonds is 3. The first kappa shape index (κ1) is 6.96. The molecule has 0 aliphatic heterocycles. The normalized spacial score (nSPS) is 7.88. The topological polar surface area (TPSA) is 61.1 Å². The second-order valence-corrected chi connectivity index (χ2v) is 1.24. The standard InChI is InChI=1S/C5H6NO2/c6-4-2-1-3-5(7)8/h3H,1-2H2,(H,7,8). The van der Waals surface area contributed by atoms with E-state index in [1.165, 1.54) is 0 Å². The average Bonchev–Trinajstić information content (AvgIpc) is 1.66. The van der Waals surface area contributed by atoms with E-state index < -0.39 is 5.97 Å². The van der Waals surface area contributed by atoms with Crippen LogP contribution in [0.3, 0.4) is 0 Å². The van der Waals surface area contributed by atoms with E-state index >= 15 is 0 Å². The van der Waals surface area contributed by atoms with Gasteiger partial charge in [-0.15, -0.1) is 0 Å². The van der Waals surface area contributed by atoms with E-state index in [2.05, 4.69) is 0 Å². The minimum atomic E-state index is -0.958. The van der Waals surface area contributed by atoms with Crippen molar-refractivity contribution in [3.8, 4) is 6.07 Å². The van der Waals surface area contributed by atoms with Gasteiger partial charge in [0, 0.05) is 6.42 Å². The average molecular weight is 112 g/mol. The van der Waals surface area contributed by atoms with E-state index in [1.807, 2.05) is 6.07 Å². The third-order valence-electron chi connectivity index (χ3n) is 0.575. The highest BCUT2D eigenvalue weighted by atomic mass is 16.4. The molecule has 0 bridgehead atoms. The van der Waals surface area contributed by atoms with Crippen molar-refractivity contribution < 1.29 is 9.90 Å². The van der Waals surface area contributed by atoms with Crippen molar-refractivity contribution in [3.05, 3.63) is 6.42 Å². The van der Waals surface area contributed by atoms with Gasteiger partial charge in [0.2, 0.25) is 0 Å². The number of carboxylic acids is 1. The van der Waals surface area contributed by atoms with Crippen LogP contribution < -0.4 is 0 Å². The molecule has 43 valence electrons. The fraction of sp³-hybridized carbons (Fsp3) is 0.400. The largest absolute Gasteiger partial charge is 0.481 e. The minimum absolute atomic E-state index is 0.284. The molecule has 1 N–H and O–H groups in total. The molecule has 0 amide bonds. The fourth-order valence-corrected chi connectivity index (χ4v) is 0.260. The zero-order valence-corrected chi connectivity index (χ0v) is 4.29. The van der Waals surface area contributed by atoms with Crippen LogP contribution in [0.2, 0.25) is 0 Å². The van der Waals surface area contributed by atoms with Crippen LogP contribution in [0.25, 0.3) is 0 Å². The summed E-state index contributed by atoms with van der Waals surface area (Å²) < 4.78 is 0. The molecule has 1 radical (unpaired) electrons. The molecule has 8 heavy (non-hydrogen) atoms. The summed E-state index contributed by atoms with van der Waals surface area (Å²) in [6, 6.07) is 1.83. The first-order chi connectivity index (χ1) is 3.77. The Morgan fingerprint density at radius 3 is 2.88 bits per heavy atom. The van der Waals surface area contributed by atoms with Gasteiger partial charge in [-0.1, -0.05) is 0 Å². The Hall–Kier alpha value is -1.04. The lowest BCUT2D eigenvalue weighted by molar-refractivity contribution is -0.133. The molecule has 0 aliphatic carbocycles. The maximum atomic E-state index is 9.71. The number of carbonyl (C=O) groups is 1. The third kappa shape index (κ3) is 4.96. The van der Waals surface area contributed by atoms with Crippen molar-refractivity contribution in [1.29, 1.82) is 5.26 Å². The van der Waals surface area contributed by atoms with Crippen LogP contribution in [0.5, 0.6) is 0 Å². The lowest BCUT2D eigenvalue weighted by atomic mass is 10.2. The molecule has 0 aromatic rings. The smallest absolute Gasteiger partial charge is 0.307 e. The molecule has 0 aromatic heterocycles. The van der Waals surface area contributed by atoms with Crippen LogP contribution in [0.4, 0.5) is 0 Å². The number of hydrogen-bond donors (Lipinski definition) is 1. The van der Waals surface area contributed by atoms with Crippen LogP contribution in [-0.4, -0.2) is 11.1 Å². The van der Waals surface area contributed by atoms with E-state index in [0.29, 0.717) is 6.42 Å². The molecule has 0 spiro atoms. The number of unbranched alkanes of at least 4 members (excludes halogenated alkanes) is 1. The van der Waals surface area contributed by atoms with Crippen LogP contribution in [0, 0.1) is 17.8 Å². The van der Waals surface area contributed by atoms with Gasteiger partial charge in [-0.2, -0.15) is 5.26 Å². The number of hydrogen-bond acceptors (Lipinski definition) is 2. The van der Waals surface area contributed by atoms with Crippen molar-refractivity contribution >= 4 is 5.97 Å². The van der Waals surface area contributed by atoms with E-state index in [-0.39, 0.29) is 6.42 Å². The molecule has 0 heterocycles. The summed E-state index contributed by atoms with van der Waals surface area (Å²) in [4.78, 5) is 9.71. The molecule has 0 unspecified atom stereocenters. The third-order valence-corrected chi connectivity index (χ3v) is 0.575. The van der Waals surface area contributed by atoms with Gasteiger partial charge in [0.1, 0.15) is 0 Å². The van der Waals surface area contributed by atoms with Crippen molar-refractivity contribution in [2.45, 2.75) is 12.8 Å². The summed E-state index contributed by atoms with van der Waals surface area (Å²) >= 11 is 0. The predicted molar refractivity (Wildman–Crippen MR) is 26.8 cm³/mol. The van der Waals surface area contributed by atoms with Crippen molar-refractivity contribution in [2.75, 3.05) is 0 Å². The van der Waals surface area contributed by atoms with Gasteiger partial charge >= 0.3 is 5.97 Å². The van der Waals surface area contributed by atoms with Gasteiger partial charge < -0.3 is 5.11 Å². The summed E-state index contributed by atoms with van der Waals surface area (Å²) in [6.07, 6.45) is 1.70. The Bertz CT molecular complexity index is 114. The van der Waals surface area contributed by atoms with Crippen molar-refractivity contribution in [1.82, 2.24) is 0 Å². The van der Waals surface area contributed by atoms with E-state index in [0.717, 1.165) is 6.42 Å². The number of nitriles is 1. The first-order valence-corrected chi connectivity index (χ1v) is 2.20. The highest BCUT2D eigenvalue weighted by molar-refractivity contribution is 5.76. The highest BCUT2D eigenvalue weighted by Gasteiger charge is 1.93. The second-order valence-electron chi connectivity index (χ2n) is 1.24. The van der Waals surface area contributed by atoms with Gasteiger partial charge in [-0.25, -0.2) is 0 Å². The summed E-state index contributed by atoms with van der Waals surface area (Å²) in [5.74, 6) is -0.958. The molecule has 0 aromatic carbocycles. The molecule has 0 saturated carbocycles. The maximum Gasteiger partial charge on any atom is 0.307 e. The Balaban J connectivity index is 2.97. The molecular weight excluding hydrogens is 106 g/mol. The van der Waals surface area contributed by atoms with Crippen LogP contribution in [-0.2, 0) is 4.79 Å². The monoisotopic (exact) mass is 112 g/mol. The van der Waals surface area contributed by atoms with Crippen molar-refractivity contribution in [2.24, 2.45) is 0 Å². The molecule has 3 heteroatoms. The Morgan fingerprint density at radius 2 is 2.50 bits per heavy atom. The molecule has 0 saturated heterocycles. The van der Waals surface area contributed by atoms with Crippen molar-refractivity contribution in [3.63, 3.8) is 0 Å². The predicted octanol–water partition coefficient (Wildman–Crippen LogP) is 0.579. The summed E-state index contributed by atoms with van der Waals surface area (Å²) in [7, 11) is 0. The molecule has 0 aliphatic rings. The zero-order valence-electron chi connectivity index (χ0n) is 4.29. The van der Waals surface area contributed by atoms with Crippen LogP contribution in [0.1, 0.15) is 12.8 Å². The minimum Gasteiger partial charge on any atom is -0.481 e. The van der Waals surface area contributed by atoms with Gasteiger partial charge in [0.05, 0.1) is 12.5 Å². The number of carboxylic acid groups (broad SMARTS) is 1. The summed E-state index contributed by atoms with van der Waals surface area (Å²) in [5, 5.41) is 15.9. The fourth-order valence-electron chi connectivity index (χ4n) is 0.260. The van der Waals surface area contributed by atoms with Gasteiger partial charge in [0.15, 0.2) is 0 Å². The summed E-state index contributed by atoms with van der Waals surface area (Å²) in [6.45, 7) is 0. The van der Waals surface area contributed by atoms with E-state index in [4.69, 9.17) is 10.4 Å². The Kier molecular flexibility index (Phi) is 3.59. The number of aliphatic carboxylic acids is 1. The molecule has 0 rings (SSSR count).